The summed E-state index contributed by atoms with van der Waals surface area (Å²) in [7, 11) is 0. The lowest BCUT2D eigenvalue weighted by Gasteiger charge is -1.93. The monoisotopic (exact) mass is 249 g/mol. The minimum atomic E-state index is -1.05. The first-order valence-electron chi connectivity index (χ1n) is 4.91. The molecular formula is C12H11NO3S. The molecule has 0 saturated heterocycles. The molecule has 0 aromatic carbocycles. The third-order valence-corrected chi connectivity index (χ3v) is 2.56. The minimum Gasteiger partial charge on any atom is -0.477 e. The van der Waals surface area contributed by atoms with Crippen molar-refractivity contribution >= 4 is 22.8 Å². The van der Waals surface area contributed by atoms with E-state index in [4.69, 9.17) is 5.11 Å². The van der Waals surface area contributed by atoms with Gasteiger partial charge in [0, 0.05) is 30.9 Å². The molecule has 4 nitrogen and oxygen atoms in total. The van der Waals surface area contributed by atoms with Gasteiger partial charge in [-0.15, -0.1) is 0 Å². The number of rotatable bonds is 3. The number of nitrogens with zero attached hydrogens (tertiary/aromatic N) is 1. The van der Waals surface area contributed by atoms with Gasteiger partial charge >= 0.3 is 5.97 Å². The second-order valence-corrected chi connectivity index (χ2v) is 4.40. The Hall–Kier alpha value is -1.80. The third-order valence-electron chi connectivity index (χ3n) is 1.75. The quantitative estimate of drug-likeness (QED) is 0.653. The van der Waals surface area contributed by atoms with E-state index >= 15 is 0 Å². The highest BCUT2D eigenvalue weighted by Crippen LogP contribution is 2.03. The number of aromatic carboxylic acids is 1. The van der Waals surface area contributed by atoms with Crippen LogP contribution < -0.4 is 0 Å². The van der Waals surface area contributed by atoms with Gasteiger partial charge in [0.25, 0.3) is 0 Å². The Balaban J connectivity index is 2.49. The van der Waals surface area contributed by atoms with E-state index in [1.165, 1.54) is 30.9 Å². The highest BCUT2D eigenvalue weighted by molar-refractivity contribution is 8.13. The maximum absolute atomic E-state index is 10.6. The van der Waals surface area contributed by atoms with Crippen molar-refractivity contribution in [3.05, 3.63) is 29.6 Å². The van der Waals surface area contributed by atoms with Crippen LogP contribution in [0, 0.1) is 11.8 Å². The predicted octanol–water partition coefficient (Wildman–Crippen LogP) is 1.80. The lowest BCUT2D eigenvalue weighted by Crippen LogP contribution is -1.99. The molecule has 0 bridgehead atoms. The number of aromatic nitrogens is 1. The molecule has 88 valence electrons. The van der Waals surface area contributed by atoms with Gasteiger partial charge in [0.2, 0.25) is 0 Å². The Kier molecular flexibility index (Phi) is 5.24. The first-order chi connectivity index (χ1) is 8.09. The van der Waals surface area contributed by atoms with Gasteiger partial charge in [-0.25, -0.2) is 9.78 Å². The molecule has 0 aliphatic heterocycles. The fourth-order valence-corrected chi connectivity index (χ4v) is 1.50. The van der Waals surface area contributed by atoms with Crippen LogP contribution in [-0.4, -0.2) is 26.9 Å². The average molecular weight is 249 g/mol. The summed E-state index contributed by atoms with van der Waals surface area (Å²) in [5.74, 6) is 5.37. The van der Waals surface area contributed by atoms with Crippen LogP contribution in [0.3, 0.4) is 0 Å². The number of carbonyl (C=O) groups excluding carboxylic acids is 1. The van der Waals surface area contributed by atoms with Gasteiger partial charge in [-0.1, -0.05) is 23.6 Å². The zero-order chi connectivity index (χ0) is 12.7. The van der Waals surface area contributed by atoms with Crippen LogP contribution >= 0.6 is 11.8 Å². The van der Waals surface area contributed by atoms with Crippen molar-refractivity contribution in [3.8, 4) is 11.8 Å². The Bertz CT molecular complexity index is 471. The van der Waals surface area contributed by atoms with Crippen molar-refractivity contribution in [2.75, 3.05) is 5.75 Å². The molecule has 1 aromatic rings. The van der Waals surface area contributed by atoms with E-state index in [0.29, 0.717) is 17.7 Å². The smallest absolute Gasteiger partial charge is 0.354 e. The van der Waals surface area contributed by atoms with E-state index in [9.17, 15) is 9.59 Å². The second-order valence-electron chi connectivity index (χ2n) is 3.13. The predicted molar refractivity (Wildman–Crippen MR) is 65.8 cm³/mol. The average Bonchev–Trinajstić information content (AvgIpc) is 2.29. The van der Waals surface area contributed by atoms with Crippen molar-refractivity contribution in [1.29, 1.82) is 0 Å². The normalized spacial score (nSPS) is 9.24. The van der Waals surface area contributed by atoms with Gasteiger partial charge in [-0.05, 0) is 12.1 Å². The van der Waals surface area contributed by atoms with Gasteiger partial charge in [0.1, 0.15) is 5.69 Å². The molecule has 0 unspecified atom stereocenters. The minimum absolute atomic E-state index is 0.00249. The summed E-state index contributed by atoms with van der Waals surface area (Å²) in [6, 6.07) is 3.03. The second kappa shape index (κ2) is 6.71. The number of thioether (sulfide) groups is 1. The van der Waals surface area contributed by atoms with Crippen LogP contribution in [-0.2, 0) is 4.79 Å². The van der Waals surface area contributed by atoms with Gasteiger partial charge in [-0.2, -0.15) is 0 Å². The SMILES string of the molecule is CC(=O)SCCC#Cc1ccc(C(=O)O)nc1. The van der Waals surface area contributed by atoms with E-state index in [0.717, 1.165) is 0 Å². The van der Waals surface area contributed by atoms with Crippen molar-refractivity contribution in [2.24, 2.45) is 0 Å². The molecule has 1 N–H and O–H groups in total. The number of pyridine rings is 1. The number of carboxylic acid groups (broad SMARTS) is 1. The summed E-state index contributed by atoms with van der Waals surface area (Å²) in [6.07, 6.45) is 2.04. The van der Waals surface area contributed by atoms with Crippen LogP contribution in [0.15, 0.2) is 18.3 Å². The summed E-state index contributed by atoms with van der Waals surface area (Å²) in [6.45, 7) is 1.52. The van der Waals surface area contributed by atoms with Crippen molar-refractivity contribution < 1.29 is 14.7 Å². The van der Waals surface area contributed by atoms with E-state index < -0.39 is 5.97 Å². The fourth-order valence-electron chi connectivity index (χ4n) is 1.00. The molecule has 5 heteroatoms. The largest absolute Gasteiger partial charge is 0.477 e. The first kappa shape index (κ1) is 13.3. The molecule has 0 amide bonds. The number of hydrogen-bond acceptors (Lipinski definition) is 4. The Morgan fingerprint density at radius 1 is 1.47 bits per heavy atom. The molecule has 0 aliphatic carbocycles. The molecule has 0 spiro atoms. The summed E-state index contributed by atoms with van der Waals surface area (Å²) < 4.78 is 0. The molecule has 0 radical (unpaired) electrons. The highest BCUT2D eigenvalue weighted by Gasteiger charge is 2.01. The maximum Gasteiger partial charge on any atom is 0.354 e. The van der Waals surface area contributed by atoms with Crippen LogP contribution in [0.4, 0.5) is 0 Å². The van der Waals surface area contributed by atoms with Crippen LogP contribution in [0.2, 0.25) is 0 Å². The summed E-state index contributed by atoms with van der Waals surface area (Å²) >= 11 is 1.24. The van der Waals surface area contributed by atoms with E-state index in [1.54, 1.807) is 6.07 Å². The number of hydrogen-bond donors (Lipinski definition) is 1. The topological polar surface area (TPSA) is 67.3 Å². The van der Waals surface area contributed by atoms with Gasteiger partial charge in [0.05, 0.1) is 0 Å². The fraction of sp³-hybridized carbons (Fsp3) is 0.250. The lowest BCUT2D eigenvalue weighted by atomic mass is 10.2. The van der Waals surface area contributed by atoms with Crippen molar-refractivity contribution in [3.63, 3.8) is 0 Å². The first-order valence-corrected chi connectivity index (χ1v) is 5.89. The van der Waals surface area contributed by atoms with E-state index in [1.807, 2.05) is 0 Å². The van der Waals surface area contributed by atoms with Crippen molar-refractivity contribution in [1.82, 2.24) is 4.98 Å². The standard InChI is InChI=1S/C12H11NO3S/c1-9(14)17-7-3-2-4-10-5-6-11(12(15)16)13-8-10/h5-6,8H,3,7H2,1H3,(H,15,16). The molecule has 1 heterocycles. The zero-order valence-corrected chi connectivity index (χ0v) is 10.1. The summed E-state index contributed by atoms with van der Waals surface area (Å²) in [4.78, 5) is 24.9. The Morgan fingerprint density at radius 3 is 2.76 bits per heavy atom. The summed E-state index contributed by atoms with van der Waals surface area (Å²) in [5.41, 5.74) is 0.672. The molecule has 0 atom stereocenters. The van der Waals surface area contributed by atoms with E-state index in [-0.39, 0.29) is 10.8 Å². The Labute approximate surface area is 103 Å². The number of carboxylic acids is 1. The van der Waals surface area contributed by atoms with Crippen molar-refractivity contribution in [2.45, 2.75) is 13.3 Å². The van der Waals surface area contributed by atoms with Gasteiger partial charge in [-0.3, -0.25) is 4.79 Å². The molecule has 1 rings (SSSR count). The Morgan fingerprint density at radius 2 is 2.24 bits per heavy atom. The van der Waals surface area contributed by atoms with Gasteiger partial charge in [0.15, 0.2) is 5.12 Å². The van der Waals surface area contributed by atoms with Gasteiger partial charge < -0.3 is 5.11 Å². The summed E-state index contributed by atoms with van der Waals surface area (Å²) in [5, 5.41) is 8.72. The highest BCUT2D eigenvalue weighted by atomic mass is 32.2. The molecule has 17 heavy (non-hydrogen) atoms. The molecule has 0 saturated carbocycles. The van der Waals surface area contributed by atoms with Crippen LogP contribution in [0.1, 0.15) is 29.4 Å². The molecule has 1 aromatic heterocycles. The van der Waals surface area contributed by atoms with E-state index in [2.05, 4.69) is 16.8 Å². The molecule has 0 aliphatic rings. The molecular weight excluding hydrogens is 238 g/mol. The van der Waals surface area contributed by atoms with Crippen LogP contribution in [0.25, 0.3) is 0 Å². The molecule has 0 fully saturated rings. The maximum atomic E-state index is 10.6. The lowest BCUT2D eigenvalue weighted by molar-refractivity contribution is -0.109. The zero-order valence-electron chi connectivity index (χ0n) is 9.27. The third kappa shape index (κ3) is 5.18. The number of carbonyl (C=O) groups is 2. The van der Waals surface area contributed by atoms with Crippen LogP contribution in [0.5, 0.6) is 0 Å².